The summed E-state index contributed by atoms with van der Waals surface area (Å²) >= 11 is 0. The summed E-state index contributed by atoms with van der Waals surface area (Å²) < 4.78 is 0. The maximum atomic E-state index is 11.2. The van der Waals surface area contributed by atoms with Gasteiger partial charge >= 0.3 is 0 Å². The molecule has 1 N–H and O–H groups in total. The van der Waals surface area contributed by atoms with Crippen LogP contribution in [0.1, 0.15) is 6.92 Å². The zero-order valence-corrected chi connectivity index (χ0v) is 7.47. The summed E-state index contributed by atoms with van der Waals surface area (Å²) in [7, 11) is 0. The third-order valence-electron chi connectivity index (χ3n) is 1.68. The largest absolute Gasteiger partial charge is 0.387 e. The number of amides is 1. The maximum absolute atomic E-state index is 11.2. The molecule has 0 unspecified atom stereocenters. The summed E-state index contributed by atoms with van der Waals surface area (Å²) in [4.78, 5) is 16.6. The molecular weight excluding hydrogens is 168 g/mol. The second-order valence-corrected chi connectivity index (χ2v) is 2.48. The lowest BCUT2D eigenvalue weighted by Gasteiger charge is -2.17. The van der Waals surface area contributed by atoms with E-state index in [4.69, 9.17) is 5.11 Å². The highest BCUT2D eigenvalue weighted by atomic mass is 16.3. The smallest absolute Gasteiger partial charge is 0.253 e. The molecule has 0 fully saturated rings. The van der Waals surface area contributed by atoms with Crippen molar-refractivity contribution >= 4 is 11.7 Å². The summed E-state index contributed by atoms with van der Waals surface area (Å²) in [6.45, 7) is 1.86. The molecule has 1 heterocycles. The molecule has 4 heteroatoms. The normalized spacial score (nSPS) is 9.69. The van der Waals surface area contributed by atoms with Gasteiger partial charge in [-0.3, -0.25) is 9.69 Å². The van der Waals surface area contributed by atoms with E-state index in [1.165, 1.54) is 4.90 Å². The van der Waals surface area contributed by atoms with Crippen LogP contribution < -0.4 is 4.90 Å². The molecule has 4 nitrogen and oxygen atoms in total. The molecule has 0 aliphatic rings. The van der Waals surface area contributed by atoms with Gasteiger partial charge in [0.2, 0.25) is 0 Å². The van der Waals surface area contributed by atoms with Gasteiger partial charge in [0, 0.05) is 12.7 Å². The Morgan fingerprint density at radius 1 is 1.62 bits per heavy atom. The second kappa shape index (κ2) is 4.57. The van der Waals surface area contributed by atoms with Crippen LogP contribution in [0, 0.1) is 0 Å². The number of aromatic nitrogens is 1. The number of aliphatic hydroxyl groups is 1. The molecule has 0 saturated heterocycles. The third kappa shape index (κ3) is 2.26. The molecule has 0 aromatic carbocycles. The van der Waals surface area contributed by atoms with Crippen LogP contribution in [0.25, 0.3) is 0 Å². The zero-order valence-electron chi connectivity index (χ0n) is 7.47. The number of hydrogen-bond acceptors (Lipinski definition) is 3. The average Bonchev–Trinajstić information content (AvgIpc) is 2.20. The Labute approximate surface area is 76.8 Å². The Kier molecular flexibility index (Phi) is 3.40. The van der Waals surface area contributed by atoms with Crippen molar-refractivity contribution in [3.05, 3.63) is 24.4 Å². The van der Waals surface area contributed by atoms with Gasteiger partial charge in [0.1, 0.15) is 12.4 Å². The number of carbonyl (C=O) groups excluding carboxylic acids is 1. The van der Waals surface area contributed by atoms with E-state index in [0.29, 0.717) is 12.4 Å². The molecule has 1 aromatic rings. The fourth-order valence-electron chi connectivity index (χ4n) is 1.06. The molecule has 0 aliphatic heterocycles. The van der Waals surface area contributed by atoms with E-state index in [1.807, 2.05) is 6.92 Å². The lowest BCUT2D eigenvalue weighted by Crippen LogP contribution is -2.33. The molecular formula is C9H12N2O2. The topological polar surface area (TPSA) is 53.4 Å². The van der Waals surface area contributed by atoms with Crippen LogP contribution in [0.2, 0.25) is 0 Å². The second-order valence-electron chi connectivity index (χ2n) is 2.48. The molecule has 0 bridgehead atoms. The Bertz CT molecular complexity index is 274. The van der Waals surface area contributed by atoms with E-state index in [-0.39, 0.29) is 5.91 Å². The molecule has 0 spiro atoms. The number of carbonyl (C=O) groups is 1. The fraction of sp³-hybridized carbons (Fsp3) is 0.333. The minimum Gasteiger partial charge on any atom is -0.387 e. The van der Waals surface area contributed by atoms with Crippen molar-refractivity contribution in [1.82, 2.24) is 4.98 Å². The van der Waals surface area contributed by atoms with Crippen molar-refractivity contribution in [3.63, 3.8) is 0 Å². The van der Waals surface area contributed by atoms with Crippen LogP contribution in [-0.2, 0) is 4.79 Å². The minimum absolute atomic E-state index is 0.332. The van der Waals surface area contributed by atoms with Crippen LogP contribution in [0.5, 0.6) is 0 Å². The SMILES string of the molecule is CCN(C(=O)CO)c1ccccn1. The molecule has 70 valence electrons. The number of hydrogen-bond donors (Lipinski definition) is 1. The highest BCUT2D eigenvalue weighted by Gasteiger charge is 2.12. The van der Waals surface area contributed by atoms with E-state index in [2.05, 4.69) is 4.98 Å². The Balaban J connectivity index is 2.85. The van der Waals surface area contributed by atoms with E-state index in [9.17, 15) is 4.79 Å². The Morgan fingerprint density at radius 2 is 2.38 bits per heavy atom. The highest BCUT2D eigenvalue weighted by molar-refractivity contribution is 5.93. The first-order valence-corrected chi connectivity index (χ1v) is 4.11. The average molecular weight is 180 g/mol. The summed E-state index contributed by atoms with van der Waals surface area (Å²) in [5, 5.41) is 8.68. The minimum atomic E-state index is -0.482. The van der Waals surface area contributed by atoms with E-state index in [0.717, 1.165) is 0 Å². The fourth-order valence-corrected chi connectivity index (χ4v) is 1.06. The van der Waals surface area contributed by atoms with Gasteiger partial charge in [-0.2, -0.15) is 0 Å². The summed E-state index contributed by atoms with van der Waals surface area (Å²) in [6.07, 6.45) is 1.61. The number of anilines is 1. The van der Waals surface area contributed by atoms with Gasteiger partial charge in [0.25, 0.3) is 5.91 Å². The van der Waals surface area contributed by atoms with Crippen molar-refractivity contribution in [2.75, 3.05) is 18.1 Å². The van der Waals surface area contributed by atoms with Crippen LogP contribution in [0.3, 0.4) is 0 Å². The molecule has 0 saturated carbocycles. The summed E-state index contributed by atoms with van der Waals surface area (Å²) in [5.41, 5.74) is 0. The summed E-state index contributed by atoms with van der Waals surface area (Å²) in [6, 6.07) is 5.31. The molecule has 0 atom stereocenters. The van der Waals surface area contributed by atoms with E-state index in [1.54, 1.807) is 24.4 Å². The van der Waals surface area contributed by atoms with Crippen molar-refractivity contribution in [2.45, 2.75) is 6.92 Å². The Hall–Kier alpha value is -1.42. The van der Waals surface area contributed by atoms with Gasteiger partial charge in [-0.1, -0.05) is 6.07 Å². The van der Waals surface area contributed by atoms with Crippen LogP contribution in [-0.4, -0.2) is 29.1 Å². The van der Waals surface area contributed by atoms with Crippen molar-refractivity contribution in [1.29, 1.82) is 0 Å². The number of rotatable bonds is 3. The van der Waals surface area contributed by atoms with E-state index >= 15 is 0 Å². The molecule has 1 aromatic heterocycles. The predicted octanol–water partition coefficient (Wildman–Crippen LogP) is 0.427. The highest BCUT2D eigenvalue weighted by Crippen LogP contribution is 2.08. The van der Waals surface area contributed by atoms with Crippen LogP contribution >= 0.6 is 0 Å². The quantitative estimate of drug-likeness (QED) is 0.733. The lowest BCUT2D eigenvalue weighted by atomic mass is 10.4. The number of likely N-dealkylation sites (N-methyl/N-ethyl adjacent to an activating group) is 1. The van der Waals surface area contributed by atoms with Gasteiger partial charge in [-0.15, -0.1) is 0 Å². The molecule has 13 heavy (non-hydrogen) atoms. The predicted molar refractivity (Wildman–Crippen MR) is 49.3 cm³/mol. The Morgan fingerprint density at radius 3 is 2.85 bits per heavy atom. The number of aliphatic hydroxyl groups excluding tert-OH is 1. The standard InChI is InChI=1S/C9H12N2O2/c1-2-11(9(13)7-12)8-5-3-4-6-10-8/h3-6,12H,2,7H2,1H3. The number of nitrogens with zero attached hydrogens (tertiary/aromatic N) is 2. The monoisotopic (exact) mass is 180 g/mol. The lowest BCUT2D eigenvalue weighted by molar-refractivity contribution is -0.121. The maximum Gasteiger partial charge on any atom is 0.253 e. The van der Waals surface area contributed by atoms with Crippen molar-refractivity contribution in [3.8, 4) is 0 Å². The number of pyridine rings is 1. The van der Waals surface area contributed by atoms with Gasteiger partial charge in [-0.05, 0) is 19.1 Å². The van der Waals surface area contributed by atoms with Crippen molar-refractivity contribution < 1.29 is 9.90 Å². The molecule has 1 amide bonds. The first kappa shape index (κ1) is 9.67. The first-order valence-electron chi connectivity index (χ1n) is 4.11. The zero-order chi connectivity index (χ0) is 9.68. The van der Waals surface area contributed by atoms with E-state index < -0.39 is 6.61 Å². The van der Waals surface area contributed by atoms with Gasteiger partial charge < -0.3 is 5.11 Å². The first-order chi connectivity index (χ1) is 6.29. The van der Waals surface area contributed by atoms with Crippen LogP contribution in [0.4, 0.5) is 5.82 Å². The van der Waals surface area contributed by atoms with Crippen LogP contribution in [0.15, 0.2) is 24.4 Å². The molecule has 0 aliphatic carbocycles. The molecule has 0 radical (unpaired) electrons. The van der Waals surface area contributed by atoms with Gasteiger partial charge in [-0.25, -0.2) is 4.98 Å². The van der Waals surface area contributed by atoms with Gasteiger partial charge in [0.05, 0.1) is 0 Å². The summed E-state index contributed by atoms with van der Waals surface area (Å²) in [5.74, 6) is 0.241. The third-order valence-corrected chi connectivity index (χ3v) is 1.68. The molecule has 1 rings (SSSR count). The van der Waals surface area contributed by atoms with Crippen molar-refractivity contribution in [2.24, 2.45) is 0 Å². The van der Waals surface area contributed by atoms with Gasteiger partial charge in [0.15, 0.2) is 0 Å².